The maximum Gasteiger partial charge on any atom is 0.284 e. The Morgan fingerprint density at radius 3 is 2.78 bits per heavy atom. The van der Waals surface area contributed by atoms with Gasteiger partial charge >= 0.3 is 0 Å². The molecule has 1 N–H and O–H groups in total. The molecule has 2 aromatic carbocycles. The van der Waals surface area contributed by atoms with E-state index < -0.39 is 0 Å². The molecule has 3 nitrogen and oxygen atoms in total. The Bertz CT molecular complexity index is 1160. The van der Waals surface area contributed by atoms with Crippen LogP contribution in [0.15, 0.2) is 48.7 Å². The van der Waals surface area contributed by atoms with E-state index in [1.807, 2.05) is 54.1 Å². The monoisotopic (exact) mass is 319 g/mol. The summed E-state index contributed by atoms with van der Waals surface area (Å²) in [6, 6.07) is 13.9. The second kappa shape index (κ2) is 4.21. The standard InChI is InChI=1S/C19H11ClN2O/c1-10-8-13-16(9-14(10)20)22-7-6-12-11-4-2-3-5-15(11)21-17(12)18(22)19(13)23/h2-9H,1H3/p+1. The molecule has 0 fully saturated rings. The number of para-hydroxylation sites is 1. The first-order chi connectivity index (χ1) is 11.1. The van der Waals surface area contributed by atoms with Gasteiger partial charge in [-0.3, -0.25) is 4.79 Å². The number of carbonyl (C=O) groups is 1. The fraction of sp³-hybridized carbons (Fsp3) is 0.0526. The van der Waals surface area contributed by atoms with Crippen LogP contribution in [-0.4, -0.2) is 10.8 Å². The SMILES string of the molecule is Cc1cc2c(cc1Cl)-[n+]1ccc3c([nH]c4ccccc43)c1C2=O. The van der Waals surface area contributed by atoms with Crippen LogP contribution >= 0.6 is 11.6 Å². The van der Waals surface area contributed by atoms with Crippen molar-refractivity contribution in [2.75, 3.05) is 0 Å². The quantitative estimate of drug-likeness (QED) is 0.429. The highest BCUT2D eigenvalue weighted by Crippen LogP contribution is 2.32. The Morgan fingerprint density at radius 2 is 1.91 bits per heavy atom. The van der Waals surface area contributed by atoms with E-state index >= 15 is 0 Å². The third kappa shape index (κ3) is 1.55. The number of hydrogen-bond donors (Lipinski definition) is 1. The Balaban J connectivity index is 1.93. The minimum atomic E-state index is 0.0388. The summed E-state index contributed by atoms with van der Waals surface area (Å²) in [5.74, 6) is 0.0388. The Kier molecular flexibility index (Phi) is 2.35. The van der Waals surface area contributed by atoms with Gasteiger partial charge in [0.15, 0.2) is 6.20 Å². The molecular weight excluding hydrogens is 308 g/mol. The number of H-pyrrole nitrogens is 1. The van der Waals surface area contributed by atoms with Gasteiger partial charge in [0.1, 0.15) is 11.1 Å². The lowest BCUT2D eigenvalue weighted by atomic mass is 10.1. The summed E-state index contributed by atoms with van der Waals surface area (Å²) < 4.78 is 1.93. The van der Waals surface area contributed by atoms with Crippen molar-refractivity contribution >= 4 is 39.2 Å². The molecule has 2 aromatic heterocycles. The molecule has 4 aromatic rings. The lowest BCUT2D eigenvalue weighted by molar-refractivity contribution is -0.592. The van der Waals surface area contributed by atoms with Gasteiger partial charge in [-0.25, -0.2) is 0 Å². The zero-order valence-corrected chi connectivity index (χ0v) is 13.1. The number of benzene rings is 2. The Labute approximate surface area is 137 Å². The molecule has 0 atom stereocenters. The Morgan fingerprint density at radius 1 is 1.09 bits per heavy atom. The van der Waals surface area contributed by atoms with Crippen LogP contribution in [0.4, 0.5) is 0 Å². The van der Waals surface area contributed by atoms with Crippen LogP contribution in [0.25, 0.3) is 27.5 Å². The normalized spacial score (nSPS) is 12.9. The number of nitrogens with one attached hydrogen (secondary N) is 1. The van der Waals surface area contributed by atoms with Crippen LogP contribution in [0.2, 0.25) is 5.02 Å². The number of aromatic amines is 1. The molecule has 1 aliphatic heterocycles. The zero-order valence-electron chi connectivity index (χ0n) is 12.4. The third-order valence-electron chi connectivity index (χ3n) is 4.61. The predicted octanol–water partition coefficient (Wildman–Crippen LogP) is 4.10. The fourth-order valence-electron chi connectivity index (χ4n) is 3.47. The molecule has 4 heteroatoms. The van der Waals surface area contributed by atoms with Gasteiger partial charge in [0, 0.05) is 28.4 Å². The summed E-state index contributed by atoms with van der Waals surface area (Å²) in [4.78, 5) is 16.4. The first-order valence-electron chi connectivity index (χ1n) is 7.45. The first kappa shape index (κ1) is 12.9. The number of aryl methyl sites for hydroxylation is 1. The lowest BCUT2D eigenvalue weighted by Crippen LogP contribution is -2.32. The summed E-state index contributed by atoms with van der Waals surface area (Å²) in [5, 5.41) is 2.87. The molecule has 110 valence electrons. The van der Waals surface area contributed by atoms with Crippen molar-refractivity contribution in [1.82, 2.24) is 4.98 Å². The maximum absolute atomic E-state index is 13.0. The molecule has 0 aliphatic carbocycles. The molecular formula is C19H12ClN2O+. The van der Waals surface area contributed by atoms with Crippen LogP contribution < -0.4 is 4.57 Å². The first-order valence-corrected chi connectivity index (χ1v) is 7.83. The fourth-order valence-corrected chi connectivity index (χ4v) is 3.63. The van der Waals surface area contributed by atoms with Crippen molar-refractivity contribution in [1.29, 1.82) is 0 Å². The molecule has 0 unspecified atom stereocenters. The second-order valence-electron chi connectivity index (χ2n) is 5.94. The number of pyridine rings is 1. The number of halogens is 1. The Hall–Kier alpha value is -2.65. The highest BCUT2D eigenvalue weighted by atomic mass is 35.5. The summed E-state index contributed by atoms with van der Waals surface area (Å²) in [7, 11) is 0. The number of fused-ring (bicyclic) bond motifs is 7. The van der Waals surface area contributed by atoms with E-state index in [1.165, 1.54) is 0 Å². The van der Waals surface area contributed by atoms with E-state index in [1.54, 1.807) is 0 Å². The number of nitrogens with zero attached hydrogens (tertiary/aromatic N) is 1. The van der Waals surface area contributed by atoms with Gasteiger partial charge in [-0.05, 0) is 24.6 Å². The van der Waals surface area contributed by atoms with Crippen molar-refractivity contribution in [2.24, 2.45) is 0 Å². The molecule has 0 spiro atoms. The van der Waals surface area contributed by atoms with Crippen LogP contribution in [0.5, 0.6) is 0 Å². The number of hydrogen-bond acceptors (Lipinski definition) is 1. The summed E-state index contributed by atoms with van der Waals surface area (Å²) in [6.07, 6.45) is 1.95. The third-order valence-corrected chi connectivity index (χ3v) is 5.02. The number of aromatic nitrogens is 2. The summed E-state index contributed by atoms with van der Waals surface area (Å²) >= 11 is 6.26. The highest BCUT2D eigenvalue weighted by molar-refractivity contribution is 6.32. The van der Waals surface area contributed by atoms with Crippen LogP contribution in [0, 0.1) is 6.92 Å². The smallest absolute Gasteiger partial charge is 0.284 e. The van der Waals surface area contributed by atoms with E-state index in [2.05, 4.69) is 11.1 Å². The van der Waals surface area contributed by atoms with Gasteiger partial charge < -0.3 is 4.98 Å². The number of carbonyl (C=O) groups excluding carboxylic acids is 1. The summed E-state index contributed by atoms with van der Waals surface area (Å²) in [6.45, 7) is 1.92. The number of ketones is 1. The lowest BCUT2D eigenvalue weighted by Gasteiger charge is -1.98. The van der Waals surface area contributed by atoms with Gasteiger partial charge in [-0.2, -0.15) is 4.57 Å². The van der Waals surface area contributed by atoms with Gasteiger partial charge in [-0.15, -0.1) is 0 Å². The van der Waals surface area contributed by atoms with Crippen molar-refractivity contribution in [3.63, 3.8) is 0 Å². The van der Waals surface area contributed by atoms with Crippen LogP contribution in [0.1, 0.15) is 21.6 Å². The molecule has 0 saturated carbocycles. The van der Waals surface area contributed by atoms with Gasteiger partial charge in [0.2, 0.25) is 5.69 Å². The van der Waals surface area contributed by atoms with E-state index in [9.17, 15) is 4.79 Å². The second-order valence-corrected chi connectivity index (χ2v) is 6.35. The minimum Gasteiger partial charge on any atom is -0.349 e. The maximum atomic E-state index is 13.0. The van der Waals surface area contributed by atoms with Crippen molar-refractivity contribution in [2.45, 2.75) is 6.92 Å². The molecule has 0 bridgehead atoms. The van der Waals surface area contributed by atoms with Gasteiger partial charge in [-0.1, -0.05) is 29.8 Å². The average Bonchev–Trinajstić information content (AvgIpc) is 3.05. The van der Waals surface area contributed by atoms with Crippen molar-refractivity contribution in [3.05, 3.63) is 70.5 Å². The van der Waals surface area contributed by atoms with Crippen LogP contribution in [0.3, 0.4) is 0 Å². The van der Waals surface area contributed by atoms with Gasteiger partial charge in [0.25, 0.3) is 11.5 Å². The van der Waals surface area contributed by atoms with E-state index in [0.717, 1.165) is 33.1 Å². The molecule has 0 radical (unpaired) electrons. The molecule has 5 rings (SSSR count). The molecule has 23 heavy (non-hydrogen) atoms. The minimum absolute atomic E-state index is 0.0388. The van der Waals surface area contributed by atoms with Crippen molar-refractivity contribution < 1.29 is 9.36 Å². The van der Waals surface area contributed by atoms with E-state index in [4.69, 9.17) is 11.6 Å². The number of rotatable bonds is 0. The molecule has 0 saturated heterocycles. The summed E-state index contributed by atoms with van der Waals surface area (Å²) in [5.41, 5.74) is 5.06. The molecule has 1 aliphatic rings. The average molecular weight is 320 g/mol. The topological polar surface area (TPSA) is 36.7 Å². The van der Waals surface area contributed by atoms with Gasteiger partial charge in [0.05, 0.1) is 5.02 Å². The molecule has 3 heterocycles. The largest absolute Gasteiger partial charge is 0.349 e. The predicted molar refractivity (Wildman–Crippen MR) is 90.5 cm³/mol. The van der Waals surface area contributed by atoms with Crippen molar-refractivity contribution in [3.8, 4) is 5.69 Å². The van der Waals surface area contributed by atoms with Crippen LogP contribution in [-0.2, 0) is 0 Å². The van der Waals surface area contributed by atoms with E-state index in [-0.39, 0.29) is 5.78 Å². The molecule has 0 amide bonds. The zero-order chi connectivity index (χ0) is 15.7. The van der Waals surface area contributed by atoms with E-state index in [0.29, 0.717) is 16.3 Å². The highest BCUT2D eigenvalue weighted by Gasteiger charge is 2.38.